The van der Waals surface area contributed by atoms with Gasteiger partial charge < -0.3 is 10.2 Å². The average molecular weight is 520 g/mol. The maximum Gasteiger partial charge on any atom is 0.248 e. The summed E-state index contributed by atoms with van der Waals surface area (Å²) in [5.74, 6) is -1.30. The Hall–Kier alpha value is -2.88. The zero-order valence-electron chi connectivity index (χ0n) is 19.0. The third-order valence-electron chi connectivity index (χ3n) is 6.54. The normalized spacial score (nSPS) is 18.7. The molecule has 1 aromatic carbocycles. The Morgan fingerprint density at radius 1 is 1.29 bits per heavy atom. The minimum atomic E-state index is -4.12. The number of aromatic nitrogens is 1. The predicted octanol–water partition coefficient (Wildman–Crippen LogP) is 2.96. The minimum absolute atomic E-state index is 0.0148. The first kappa shape index (κ1) is 25.2. The molecule has 1 aliphatic heterocycles. The highest BCUT2D eigenvalue weighted by molar-refractivity contribution is 7.89. The average Bonchev–Trinajstić information content (AvgIpc) is 3.36. The molecule has 0 radical (unpaired) electrons. The molecule has 2 aromatic rings. The monoisotopic (exact) mass is 519 g/mol. The van der Waals surface area contributed by atoms with Gasteiger partial charge in [0.15, 0.2) is 5.13 Å². The number of amides is 2. The van der Waals surface area contributed by atoms with Crippen molar-refractivity contribution in [1.29, 1.82) is 5.26 Å². The van der Waals surface area contributed by atoms with Crippen LogP contribution in [0.25, 0.3) is 0 Å². The first-order valence-electron chi connectivity index (χ1n) is 11.5. The highest BCUT2D eigenvalue weighted by Gasteiger charge is 2.39. The molecule has 1 saturated heterocycles. The van der Waals surface area contributed by atoms with Crippen molar-refractivity contribution in [3.8, 4) is 6.07 Å². The van der Waals surface area contributed by atoms with E-state index in [1.54, 1.807) is 17.6 Å². The highest BCUT2D eigenvalue weighted by atomic mass is 32.2. The first-order valence-corrected chi connectivity index (χ1v) is 13.8. The van der Waals surface area contributed by atoms with E-state index in [1.807, 2.05) is 0 Å². The van der Waals surface area contributed by atoms with E-state index in [-0.39, 0.29) is 29.5 Å². The Morgan fingerprint density at radius 2 is 2.06 bits per heavy atom. The number of anilines is 1. The van der Waals surface area contributed by atoms with E-state index >= 15 is 0 Å². The van der Waals surface area contributed by atoms with Crippen molar-refractivity contribution in [1.82, 2.24) is 14.2 Å². The molecule has 0 bridgehead atoms. The summed E-state index contributed by atoms with van der Waals surface area (Å²) in [5, 5.41) is 14.0. The van der Waals surface area contributed by atoms with Gasteiger partial charge in [0.1, 0.15) is 17.9 Å². The number of thiazole rings is 1. The SMILES string of the molecule is N#Cc1cc(S(=O)(=O)N2CCN(C(CC3CCCCC3)C(=O)Nc3nccs3)C(=O)C2)ccc1F. The second-order valence-electron chi connectivity index (χ2n) is 8.76. The maximum atomic E-state index is 13.7. The van der Waals surface area contributed by atoms with Crippen LogP contribution in [0.15, 0.2) is 34.7 Å². The molecule has 2 heterocycles. The van der Waals surface area contributed by atoms with Crippen molar-refractivity contribution < 1.29 is 22.4 Å². The number of nitrogens with one attached hydrogen (secondary N) is 1. The van der Waals surface area contributed by atoms with Crippen LogP contribution in [0.2, 0.25) is 0 Å². The van der Waals surface area contributed by atoms with E-state index in [0.717, 1.165) is 48.2 Å². The zero-order chi connectivity index (χ0) is 25.0. The molecule has 35 heavy (non-hydrogen) atoms. The lowest BCUT2D eigenvalue weighted by Gasteiger charge is -2.39. The van der Waals surface area contributed by atoms with Crippen LogP contribution >= 0.6 is 11.3 Å². The van der Waals surface area contributed by atoms with E-state index in [4.69, 9.17) is 5.26 Å². The van der Waals surface area contributed by atoms with Crippen molar-refractivity contribution in [2.45, 2.75) is 49.5 Å². The fourth-order valence-electron chi connectivity index (χ4n) is 4.69. The van der Waals surface area contributed by atoms with Gasteiger partial charge in [-0.25, -0.2) is 17.8 Å². The molecule has 1 aromatic heterocycles. The molecule has 1 N–H and O–H groups in total. The van der Waals surface area contributed by atoms with Crippen molar-refractivity contribution in [3.05, 3.63) is 41.2 Å². The van der Waals surface area contributed by atoms with Gasteiger partial charge in [-0.3, -0.25) is 9.59 Å². The van der Waals surface area contributed by atoms with Crippen LogP contribution in [0.4, 0.5) is 9.52 Å². The fraction of sp³-hybridized carbons (Fsp3) is 0.478. The topological polar surface area (TPSA) is 123 Å². The Kier molecular flexibility index (Phi) is 7.78. The molecule has 12 heteroatoms. The third-order valence-corrected chi connectivity index (χ3v) is 9.07. The zero-order valence-corrected chi connectivity index (χ0v) is 20.7. The summed E-state index contributed by atoms with van der Waals surface area (Å²) < 4.78 is 40.9. The van der Waals surface area contributed by atoms with Gasteiger partial charge >= 0.3 is 0 Å². The van der Waals surface area contributed by atoms with E-state index in [2.05, 4.69) is 10.3 Å². The second-order valence-corrected chi connectivity index (χ2v) is 11.6. The Bertz CT molecular complexity index is 1220. The number of rotatable bonds is 7. The Labute approximate surface area is 207 Å². The van der Waals surface area contributed by atoms with Gasteiger partial charge in [-0.05, 0) is 30.5 Å². The number of carbonyl (C=O) groups is 2. The molecule has 2 aliphatic rings. The van der Waals surface area contributed by atoms with Crippen LogP contribution in [-0.4, -0.2) is 60.1 Å². The molecule has 1 aliphatic carbocycles. The number of hydrogen-bond acceptors (Lipinski definition) is 7. The first-order chi connectivity index (χ1) is 16.8. The molecule has 2 amide bonds. The number of nitriles is 1. The summed E-state index contributed by atoms with van der Waals surface area (Å²) in [6, 6.07) is 3.87. The third kappa shape index (κ3) is 5.69. The van der Waals surface area contributed by atoms with Crippen LogP contribution < -0.4 is 5.32 Å². The summed E-state index contributed by atoms with van der Waals surface area (Å²) in [6.45, 7) is -0.403. The number of sulfonamides is 1. The van der Waals surface area contributed by atoms with Crippen molar-refractivity contribution in [3.63, 3.8) is 0 Å². The molecule has 9 nitrogen and oxygen atoms in total. The highest BCUT2D eigenvalue weighted by Crippen LogP contribution is 2.30. The molecule has 186 valence electrons. The van der Waals surface area contributed by atoms with E-state index < -0.39 is 34.3 Å². The van der Waals surface area contributed by atoms with Crippen LogP contribution in [0.5, 0.6) is 0 Å². The lowest BCUT2D eigenvalue weighted by molar-refractivity contribution is -0.142. The molecule has 1 unspecified atom stereocenters. The summed E-state index contributed by atoms with van der Waals surface area (Å²) in [6.07, 6.45) is 7.43. The molecule has 2 fully saturated rings. The van der Waals surface area contributed by atoms with E-state index in [0.29, 0.717) is 17.5 Å². The fourth-order valence-corrected chi connectivity index (χ4v) is 6.63. The maximum absolute atomic E-state index is 13.7. The standard InChI is InChI=1S/C23H26FN5O4S2/c24-19-7-6-18(13-17(19)14-25)35(32,33)28-9-10-29(21(30)15-28)20(12-16-4-2-1-3-5-16)22(31)27-23-26-8-11-34-23/h6-8,11,13,16,20H,1-5,9-10,12,15H2,(H,26,27,31). The number of benzene rings is 1. The van der Waals surface area contributed by atoms with Crippen LogP contribution in [-0.2, 0) is 19.6 Å². The number of halogens is 1. The van der Waals surface area contributed by atoms with Crippen molar-refractivity contribution in [2.24, 2.45) is 5.92 Å². The summed E-state index contributed by atoms with van der Waals surface area (Å²) in [7, 11) is -4.12. The van der Waals surface area contributed by atoms with E-state index in [1.165, 1.54) is 22.7 Å². The number of carbonyl (C=O) groups excluding carboxylic acids is 2. The predicted molar refractivity (Wildman–Crippen MR) is 127 cm³/mol. The minimum Gasteiger partial charge on any atom is -0.328 e. The molecular formula is C23H26FN5O4S2. The van der Waals surface area contributed by atoms with Gasteiger partial charge in [-0.1, -0.05) is 32.1 Å². The van der Waals surface area contributed by atoms with Crippen molar-refractivity contribution >= 4 is 38.3 Å². The Morgan fingerprint density at radius 3 is 2.71 bits per heavy atom. The van der Waals surface area contributed by atoms with Gasteiger partial charge in [-0.2, -0.15) is 9.57 Å². The largest absolute Gasteiger partial charge is 0.328 e. The van der Waals surface area contributed by atoms with Crippen molar-refractivity contribution in [2.75, 3.05) is 25.0 Å². The number of hydrogen-bond donors (Lipinski definition) is 1. The van der Waals surface area contributed by atoms with Crippen LogP contribution in [0.1, 0.15) is 44.1 Å². The second kappa shape index (κ2) is 10.8. The van der Waals surface area contributed by atoms with Gasteiger partial charge in [0.2, 0.25) is 21.8 Å². The van der Waals surface area contributed by atoms with Gasteiger partial charge in [-0.15, -0.1) is 11.3 Å². The quantitative estimate of drug-likeness (QED) is 0.600. The summed E-state index contributed by atoms with van der Waals surface area (Å²) >= 11 is 1.28. The summed E-state index contributed by atoms with van der Waals surface area (Å²) in [5.41, 5.74) is -0.387. The van der Waals surface area contributed by atoms with Gasteiger partial charge in [0, 0.05) is 24.7 Å². The number of nitrogens with zero attached hydrogens (tertiary/aromatic N) is 4. The molecule has 1 atom stereocenters. The number of piperazine rings is 1. The van der Waals surface area contributed by atoms with Crippen LogP contribution in [0, 0.1) is 23.1 Å². The molecule has 0 spiro atoms. The smallest absolute Gasteiger partial charge is 0.248 e. The van der Waals surface area contributed by atoms with Gasteiger partial charge in [0.25, 0.3) is 0 Å². The molecule has 4 rings (SSSR count). The summed E-state index contributed by atoms with van der Waals surface area (Å²) in [4.78, 5) is 31.7. The van der Waals surface area contributed by atoms with Gasteiger partial charge in [0.05, 0.1) is 17.0 Å². The van der Waals surface area contributed by atoms with Crippen LogP contribution in [0.3, 0.4) is 0 Å². The lowest BCUT2D eigenvalue weighted by Crippen LogP contribution is -2.58. The van der Waals surface area contributed by atoms with E-state index in [9.17, 15) is 22.4 Å². The Balaban J connectivity index is 1.51. The lowest BCUT2D eigenvalue weighted by atomic mass is 9.84. The molecular weight excluding hydrogens is 493 g/mol. The molecule has 1 saturated carbocycles.